The molecule has 1 atom stereocenters. The molecule has 0 heterocycles. The Morgan fingerprint density at radius 2 is 1.76 bits per heavy atom. The topological polar surface area (TPSA) is 102 Å². The molecule has 10 heteroatoms. The van der Waals surface area contributed by atoms with Gasteiger partial charge in [-0.15, -0.1) is 0 Å². The minimum atomic E-state index is -4.11. The second-order valence-electron chi connectivity index (χ2n) is 7.30. The van der Waals surface area contributed by atoms with Gasteiger partial charge in [0.1, 0.15) is 12.6 Å². The number of rotatable bonds is 13. The molecule has 1 amide bonds. The first kappa shape index (κ1) is 27.0. The summed E-state index contributed by atoms with van der Waals surface area (Å²) in [5.74, 6) is -0.397. The molecule has 180 valence electrons. The maximum atomic E-state index is 13.3. The van der Waals surface area contributed by atoms with Crippen molar-refractivity contribution in [1.29, 1.82) is 0 Å². The van der Waals surface area contributed by atoms with Crippen molar-refractivity contribution in [2.45, 2.75) is 50.7 Å². The van der Waals surface area contributed by atoms with Crippen LogP contribution in [-0.4, -0.2) is 44.0 Å². The molecule has 0 fully saturated rings. The lowest BCUT2D eigenvalue weighted by Crippen LogP contribution is -2.46. The number of amides is 1. The van der Waals surface area contributed by atoms with Gasteiger partial charge in [0.05, 0.1) is 11.5 Å². The molecule has 0 saturated heterocycles. The average molecular weight is 541 g/mol. The van der Waals surface area contributed by atoms with E-state index >= 15 is 0 Å². The van der Waals surface area contributed by atoms with Crippen molar-refractivity contribution in [3.63, 3.8) is 0 Å². The third-order valence-electron chi connectivity index (χ3n) is 4.69. The van der Waals surface area contributed by atoms with Crippen LogP contribution in [-0.2, 0) is 31.0 Å². The molecule has 0 aromatic heterocycles. The summed E-state index contributed by atoms with van der Waals surface area (Å²) in [5.41, 5.74) is 0.838. The lowest BCUT2D eigenvalue weighted by molar-refractivity contribution is -0.144. The molecule has 33 heavy (non-hydrogen) atoms. The second-order valence-corrected chi connectivity index (χ2v) is 10.0. The summed E-state index contributed by atoms with van der Waals surface area (Å²) < 4.78 is 33.2. The molecule has 0 spiro atoms. The number of sulfonamides is 1. The smallest absolute Gasteiger partial charge is 0.407 e. The Kier molecular flexibility index (Phi) is 11.0. The van der Waals surface area contributed by atoms with E-state index in [9.17, 15) is 18.0 Å². The van der Waals surface area contributed by atoms with Crippen molar-refractivity contribution >= 4 is 37.8 Å². The third-order valence-corrected chi connectivity index (χ3v) is 6.92. The van der Waals surface area contributed by atoms with Gasteiger partial charge in [0.25, 0.3) is 10.0 Å². The highest BCUT2D eigenvalue weighted by atomic mass is 79.9. The number of carbonyl (C=O) groups excluding carboxylic acids is 2. The summed E-state index contributed by atoms with van der Waals surface area (Å²) in [7, 11) is -4.11. The van der Waals surface area contributed by atoms with Crippen LogP contribution in [0.3, 0.4) is 0 Å². The summed E-state index contributed by atoms with van der Waals surface area (Å²) in [6, 6.07) is 14.2. The molecule has 0 bridgehead atoms. The highest BCUT2D eigenvalue weighted by molar-refractivity contribution is 9.10. The zero-order valence-electron chi connectivity index (χ0n) is 18.7. The van der Waals surface area contributed by atoms with Gasteiger partial charge in [0, 0.05) is 11.0 Å². The van der Waals surface area contributed by atoms with Gasteiger partial charge in [0.2, 0.25) is 0 Å². The van der Waals surface area contributed by atoms with Gasteiger partial charge >= 0.3 is 6.09 Å². The van der Waals surface area contributed by atoms with E-state index in [2.05, 4.69) is 21.2 Å². The molecule has 2 aromatic rings. The van der Waals surface area contributed by atoms with Crippen molar-refractivity contribution in [2.24, 2.45) is 0 Å². The molecule has 2 rings (SSSR count). The molecule has 2 aromatic carbocycles. The fourth-order valence-corrected chi connectivity index (χ4v) is 4.63. The average Bonchev–Trinajstić information content (AvgIpc) is 2.79. The van der Waals surface area contributed by atoms with Crippen LogP contribution in [0.4, 0.5) is 4.79 Å². The molecular weight excluding hydrogens is 512 g/mol. The Bertz CT molecular complexity index is 999. The van der Waals surface area contributed by atoms with Gasteiger partial charge < -0.3 is 10.1 Å². The number of nitrogens with one attached hydrogen (secondary N) is 1. The maximum Gasteiger partial charge on any atom is 0.407 e. The molecule has 0 unspecified atom stereocenters. The third kappa shape index (κ3) is 8.54. The zero-order chi connectivity index (χ0) is 24.3. The number of unbranched alkanes of at least 4 members (excludes halogenated alkanes) is 1. The quantitative estimate of drug-likeness (QED) is 0.297. The SMILES string of the molecule is CCCCON([C@H](CCNC(=O)OCc1ccccc1)C(C)=O)S(=O)(=O)c1ccc(Br)cc1. The Labute approximate surface area is 203 Å². The van der Waals surface area contributed by atoms with Crippen molar-refractivity contribution in [2.75, 3.05) is 13.2 Å². The van der Waals surface area contributed by atoms with E-state index in [1.807, 2.05) is 37.3 Å². The predicted octanol–water partition coefficient (Wildman–Crippen LogP) is 4.45. The minimum Gasteiger partial charge on any atom is -0.445 e. The van der Waals surface area contributed by atoms with E-state index < -0.39 is 27.9 Å². The summed E-state index contributed by atoms with van der Waals surface area (Å²) in [4.78, 5) is 30.0. The monoisotopic (exact) mass is 540 g/mol. The number of hydroxylamine groups is 1. The van der Waals surface area contributed by atoms with Crippen LogP contribution >= 0.6 is 15.9 Å². The van der Waals surface area contributed by atoms with Crippen molar-refractivity contribution < 1.29 is 27.6 Å². The van der Waals surface area contributed by atoms with Crippen molar-refractivity contribution in [1.82, 2.24) is 9.79 Å². The van der Waals surface area contributed by atoms with Crippen LogP contribution in [0, 0.1) is 0 Å². The molecule has 0 aliphatic rings. The van der Waals surface area contributed by atoms with Crippen LogP contribution < -0.4 is 5.32 Å². The molecule has 0 aliphatic carbocycles. The number of hydrogen-bond acceptors (Lipinski definition) is 6. The summed E-state index contributed by atoms with van der Waals surface area (Å²) in [5, 5.41) is 2.56. The van der Waals surface area contributed by atoms with E-state index in [0.717, 1.165) is 20.9 Å². The number of carbonyl (C=O) groups is 2. The van der Waals surface area contributed by atoms with E-state index in [1.165, 1.54) is 19.1 Å². The lowest BCUT2D eigenvalue weighted by Gasteiger charge is -2.28. The highest BCUT2D eigenvalue weighted by Crippen LogP contribution is 2.23. The molecule has 0 aliphatic heterocycles. The minimum absolute atomic E-state index is 0.00341. The first-order chi connectivity index (χ1) is 15.8. The number of Topliss-reactive ketones (excluding diaryl/α,β-unsaturated/α-hetero) is 1. The molecule has 0 saturated carbocycles. The number of alkyl carbamates (subject to hydrolysis) is 1. The van der Waals surface area contributed by atoms with Gasteiger partial charge in [-0.1, -0.05) is 64.1 Å². The standard InChI is InChI=1S/C23H29BrN2O6S/c1-3-4-16-32-26(33(29,30)21-12-10-20(24)11-13-21)22(18(2)27)14-15-25-23(28)31-17-19-8-6-5-7-9-19/h5-13,22H,3-4,14-17H2,1-2H3,(H,25,28)/t22-/m1/s1. The zero-order valence-corrected chi connectivity index (χ0v) is 21.1. The number of ketones is 1. The van der Waals surface area contributed by atoms with Gasteiger partial charge in [-0.25, -0.2) is 13.2 Å². The Morgan fingerprint density at radius 3 is 2.36 bits per heavy atom. The van der Waals surface area contributed by atoms with Gasteiger partial charge in [-0.3, -0.25) is 9.63 Å². The van der Waals surface area contributed by atoms with Gasteiger partial charge in [-0.2, -0.15) is 0 Å². The number of halogens is 1. The first-order valence-corrected chi connectivity index (χ1v) is 12.9. The molecule has 1 N–H and O–H groups in total. The summed E-state index contributed by atoms with van der Waals surface area (Å²) in [6.07, 6.45) is 0.792. The lowest BCUT2D eigenvalue weighted by atomic mass is 10.1. The van der Waals surface area contributed by atoms with Crippen LogP contribution in [0.5, 0.6) is 0 Å². The fourth-order valence-electron chi connectivity index (χ4n) is 2.88. The van der Waals surface area contributed by atoms with Crippen molar-refractivity contribution in [3.05, 3.63) is 64.6 Å². The second kappa shape index (κ2) is 13.4. The van der Waals surface area contributed by atoms with Gasteiger partial charge in [-0.05, 0) is 49.6 Å². The number of benzene rings is 2. The Hall–Kier alpha value is -2.27. The van der Waals surface area contributed by atoms with Crippen molar-refractivity contribution in [3.8, 4) is 0 Å². The fraction of sp³-hybridized carbons (Fsp3) is 0.391. The van der Waals surface area contributed by atoms with Gasteiger partial charge in [0.15, 0.2) is 5.78 Å². The van der Waals surface area contributed by atoms with Crippen LogP contribution in [0.15, 0.2) is 64.0 Å². The molecule has 8 nitrogen and oxygen atoms in total. The maximum absolute atomic E-state index is 13.3. The molecular formula is C23H29BrN2O6S. The number of ether oxygens (including phenoxy) is 1. The Morgan fingerprint density at radius 1 is 1.09 bits per heavy atom. The van der Waals surface area contributed by atoms with E-state index in [1.54, 1.807) is 12.1 Å². The van der Waals surface area contributed by atoms with Crippen LogP contribution in [0.2, 0.25) is 0 Å². The Balaban J connectivity index is 2.07. The van der Waals surface area contributed by atoms with Crippen LogP contribution in [0.25, 0.3) is 0 Å². The normalized spacial score (nSPS) is 12.4. The predicted molar refractivity (Wildman–Crippen MR) is 128 cm³/mol. The van der Waals surface area contributed by atoms with E-state index in [0.29, 0.717) is 6.42 Å². The van der Waals surface area contributed by atoms with E-state index in [4.69, 9.17) is 9.57 Å². The highest BCUT2D eigenvalue weighted by Gasteiger charge is 2.35. The van der Waals surface area contributed by atoms with E-state index in [-0.39, 0.29) is 31.1 Å². The first-order valence-electron chi connectivity index (χ1n) is 10.6. The summed E-state index contributed by atoms with van der Waals surface area (Å²) >= 11 is 3.28. The largest absolute Gasteiger partial charge is 0.445 e. The number of hydrogen-bond donors (Lipinski definition) is 1. The number of nitrogens with zero attached hydrogens (tertiary/aromatic N) is 1. The van der Waals surface area contributed by atoms with Crippen LogP contribution in [0.1, 0.15) is 38.7 Å². The molecule has 0 radical (unpaired) electrons. The summed E-state index contributed by atoms with van der Waals surface area (Å²) in [6.45, 7) is 3.52.